The third-order valence-electron chi connectivity index (χ3n) is 5.27. The molecule has 0 saturated carbocycles. The Morgan fingerprint density at radius 3 is 2.36 bits per heavy atom. The van der Waals surface area contributed by atoms with Gasteiger partial charge in [-0.25, -0.2) is 13.1 Å². The molecule has 1 aliphatic heterocycles. The second-order valence-corrected chi connectivity index (χ2v) is 10.2. The van der Waals surface area contributed by atoms with Crippen molar-refractivity contribution in [1.82, 2.24) is 9.62 Å². The van der Waals surface area contributed by atoms with E-state index in [-0.39, 0.29) is 18.0 Å². The molecule has 2 aromatic rings. The van der Waals surface area contributed by atoms with Crippen molar-refractivity contribution < 1.29 is 13.2 Å². The van der Waals surface area contributed by atoms with E-state index in [1.165, 1.54) is 11.3 Å². The van der Waals surface area contributed by atoms with Gasteiger partial charge >= 0.3 is 0 Å². The van der Waals surface area contributed by atoms with Gasteiger partial charge in [0.05, 0.1) is 6.04 Å². The first-order chi connectivity index (χ1) is 13.3. The number of piperidine rings is 1. The number of nitrogens with zero attached hydrogens (tertiary/aromatic N) is 1. The highest BCUT2D eigenvalue weighted by atomic mass is 32.2. The summed E-state index contributed by atoms with van der Waals surface area (Å²) in [4.78, 5) is 14.8. The molecule has 1 amide bonds. The number of sulfonamides is 1. The maximum absolute atomic E-state index is 12.7. The van der Waals surface area contributed by atoms with Crippen molar-refractivity contribution >= 4 is 33.0 Å². The Balaban J connectivity index is 1.55. The van der Waals surface area contributed by atoms with Crippen LogP contribution in [0, 0.1) is 13.8 Å². The number of likely N-dealkylation sites (tertiary alicyclic amines) is 1. The summed E-state index contributed by atoms with van der Waals surface area (Å²) in [6.07, 6.45) is 1.37. The Kier molecular flexibility index (Phi) is 6.54. The van der Waals surface area contributed by atoms with Crippen LogP contribution >= 0.6 is 11.3 Å². The van der Waals surface area contributed by atoms with Gasteiger partial charge in [-0.2, -0.15) is 0 Å². The molecular formula is C20H27N3O3S2. The minimum atomic E-state index is -3.45. The number of carbonyl (C=O) groups excluding carboxylic acids is 1. The summed E-state index contributed by atoms with van der Waals surface area (Å²) in [5.41, 5.74) is 2.96. The van der Waals surface area contributed by atoms with Crippen LogP contribution in [0.15, 0.2) is 39.9 Å². The molecule has 6 nitrogen and oxygen atoms in total. The van der Waals surface area contributed by atoms with E-state index in [2.05, 4.69) is 14.9 Å². The van der Waals surface area contributed by atoms with Gasteiger partial charge in [-0.15, -0.1) is 11.3 Å². The van der Waals surface area contributed by atoms with Crippen LogP contribution < -0.4 is 10.0 Å². The topological polar surface area (TPSA) is 78.5 Å². The van der Waals surface area contributed by atoms with E-state index in [1.54, 1.807) is 17.5 Å². The molecule has 152 valence electrons. The summed E-state index contributed by atoms with van der Waals surface area (Å²) >= 11 is 1.22. The summed E-state index contributed by atoms with van der Waals surface area (Å²) in [5, 5.41) is 4.81. The van der Waals surface area contributed by atoms with Gasteiger partial charge in [-0.1, -0.05) is 24.3 Å². The normalized spacial score (nSPS) is 17.4. The molecule has 0 aliphatic carbocycles. The maximum atomic E-state index is 12.7. The smallest absolute Gasteiger partial charge is 0.250 e. The van der Waals surface area contributed by atoms with Gasteiger partial charge in [0.15, 0.2) is 0 Å². The number of carbonyl (C=O) groups is 1. The summed E-state index contributed by atoms with van der Waals surface area (Å²) in [5.74, 6) is -0.0324. The van der Waals surface area contributed by atoms with Crippen molar-refractivity contribution in [1.29, 1.82) is 0 Å². The van der Waals surface area contributed by atoms with Crippen molar-refractivity contribution in [3.05, 3.63) is 46.8 Å². The lowest BCUT2D eigenvalue weighted by atomic mass is 10.0. The van der Waals surface area contributed by atoms with Gasteiger partial charge in [0.1, 0.15) is 4.21 Å². The number of aryl methyl sites for hydroxylation is 2. The van der Waals surface area contributed by atoms with E-state index in [0.717, 1.165) is 16.8 Å². The quantitative estimate of drug-likeness (QED) is 0.751. The summed E-state index contributed by atoms with van der Waals surface area (Å²) in [6, 6.07) is 8.93. The standard InChI is InChI=1S/C20H27N3O3S2/c1-14-6-4-7-15(2)19(14)21-20(24)16(3)23-11-9-17(10-12-23)22-28(25,26)18-8-5-13-27-18/h4-8,13,16-17,22H,9-12H2,1-3H3,(H,21,24). The number of rotatable bonds is 6. The Morgan fingerprint density at radius 2 is 1.79 bits per heavy atom. The van der Waals surface area contributed by atoms with Crippen LogP contribution in [0.4, 0.5) is 5.69 Å². The second-order valence-electron chi connectivity index (χ2n) is 7.30. The fourth-order valence-corrected chi connectivity index (χ4v) is 5.82. The maximum Gasteiger partial charge on any atom is 0.250 e. The average Bonchev–Trinajstić information content (AvgIpc) is 3.20. The van der Waals surface area contributed by atoms with Gasteiger partial charge in [-0.05, 0) is 56.2 Å². The van der Waals surface area contributed by atoms with Crippen LogP contribution in [0.2, 0.25) is 0 Å². The zero-order chi connectivity index (χ0) is 20.3. The van der Waals surface area contributed by atoms with Gasteiger partial charge in [-0.3, -0.25) is 9.69 Å². The van der Waals surface area contributed by atoms with Crippen molar-refractivity contribution in [3.63, 3.8) is 0 Å². The largest absolute Gasteiger partial charge is 0.324 e. The molecule has 3 rings (SSSR count). The van der Waals surface area contributed by atoms with Crippen LogP contribution in [-0.2, 0) is 14.8 Å². The molecule has 0 radical (unpaired) electrons. The lowest BCUT2D eigenvalue weighted by Gasteiger charge is -2.35. The van der Waals surface area contributed by atoms with Gasteiger partial charge < -0.3 is 5.32 Å². The van der Waals surface area contributed by atoms with E-state index < -0.39 is 10.0 Å². The Labute approximate surface area is 171 Å². The number of benzene rings is 1. The molecule has 28 heavy (non-hydrogen) atoms. The number of hydrogen-bond donors (Lipinski definition) is 2. The van der Waals surface area contributed by atoms with Gasteiger partial charge in [0.2, 0.25) is 15.9 Å². The van der Waals surface area contributed by atoms with E-state index in [1.807, 2.05) is 39.0 Å². The monoisotopic (exact) mass is 421 g/mol. The zero-order valence-electron chi connectivity index (χ0n) is 16.4. The number of nitrogens with one attached hydrogen (secondary N) is 2. The molecule has 2 heterocycles. The molecule has 2 N–H and O–H groups in total. The highest BCUT2D eigenvalue weighted by Gasteiger charge is 2.29. The van der Waals surface area contributed by atoms with Crippen molar-refractivity contribution in [2.45, 2.75) is 49.9 Å². The molecular weight excluding hydrogens is 394 g/mol. The van der Waals surface area contributed by atoms with Crippen molar-refractivity contribution in [3.8, 4) is 0 Å². The SMILES string of the molecule is Cc1cccc(C)c1NC(=O)C(C)N1CCC(NS(=O)(=O)c2cccs2)CC1. The number of thiophene rings is 1. The fraction of sp³-hybridized carbons (Fsp3) is 0.450. The molecule has 1 aromatic heterocycles. The molecule has 1 fully saturated rings. The molecule has 1 saturated heterocycles. The van der Waals surface area contributed by atoms with Gasteiger partial charge in [0, 0.05) is 24.8 Å². The Hall–Kier alpha value is -1.74. The van der Waals surface area contributed by atoms with E-state index in [0.29, 0.717) is 30.1 Å². The first-order valence-corrected chi connectivity index (χ1v) is 11.8. The molecule has 0 bridgehead atoms. The lowest BCUT2D eigenvalue weighted by molar-refractivity contribution is -0.121. The first-order valence-electron chi connectivity index (χ1n) is 9.45. The third kappa shape index (κ3) is 4.81. The predicted molar refractivity (Wildman–Crippen MR) is 113 cm³/mol. The zero-order valence-corrected chi connectivity index (χ0v) is 18.1. The minimum absolute atomic E-state index is 0.0324. The minimum Gasteiger partial charge on any atom is -0.324 e. The van der Waals surface area contributed by atoms with Crippen molar-refractivity contribution in [2.75, 3.05) is 18.4 Å². The third-order valence-corrected chi connectivity index (χ3v) is 8.19. The predicted octanol–water partition coefficient (Wildman–Crippen LogP) is 3.13. The van der Waals surface area contributed by atoms with E-state index >= 15 is 0 Å². The van der Waals surface area contributed by atoms with Crippen LogP contribution in [0.3, 0.4) is 0 Å². The van der Waals surface area contributed by atoms with Crippen LogP contribution in [0.5, 0.6) is 0 Å². The highest BCUT2D eigenvalue weighted by Crippen LogP contribution is 2.22. The second kappa shape index (κ2) is 8.73. The molecule has 1 unspecified atom stereocenters. The molecule has 8 heteroatoms. The summed E-state index contributed by atoms with van der Waals surface area (Å²) in [6.45, 7) is 7.23. The van der Waals surface area contributed by atoms with Crippen molar-refractivity contribution in [2.24, 2.45) is 0 Å². The fourth-order valence-electron chi connectivity index (χ4n) is 3.50. The summed E-state index contributed by atoms with van der Waals surface area (Å²) in [7, 11) is -3.45. The molecule has 1 aliphatic rings. The number of hydrogen-bond acceptors (Lipinski definition) is 5. The number of para-hydroxylation sites is 1. The molecule has 1 atom stereocenters. The molecule has 0 spiro atoms. The summed E-state index contributed by atoms with van der Waals surface area (Å²) < 4.78 is 27.9. The molecule has 1 aromatic carbocycles. The highest BCUT2D eigenvalue weighted by molar-refractivity contribution is 7.91. The Bertz CT molecular complexity index is 898. The van der Waals surface area contributed by atoms with Crippen LogP contribution in [0.25, 0.3) is 0 Å². The average molecular weight is 422 g/mol. The lowest BCUT2D eigenvalue weighted by Crippen LogP contribution is -2.50. The van der Waals surface area contributed by atoms with Crippen LogP contribution in [0.1, 0.15) is 30.9 Å². The van der Waals surface area contributed by atoms with Crippen LogP contribution in [-0.4, -0.2) is 44.4 Å². The number of amides is 1. The first kappa shape index (κ1) is 21.0. The van der Waals surface area contributed by atoms with Gasteiger partial charge in [0.25, 0.3) is 0 Å². The Morgan fingerprint density at radius 1 is 1.14 bits per heavy atom. The number of anilines is 1. The van der Waals surface area contributed by atoms with E-state index in [9.17, 15) is 13.2 Å². The van der Waals surface area contributed by atoms with E-state index in [4.69, 9.17) is 0 Å².